The Hall–Kier alpha value is -1.34. The molecule has 3 rings (SSSR count). The third-order valence-corrected chi connectivity index (χ3v) is 4.66. The van der Waals surface area contributed by atoms with Crippen molar-refractivity contribution in [3.8, 4) is 0 Å². The fraction of sp³-hybridized carbons (Fsp3) is 0.444. The summed E-state index contributed by atoms with van der Waals surface area (Å²) in [6.45, 7) is 4.53. The molecule has 0 fully saturated rings. The van der Waals surface area contributed by atoms with Crippen LogP contribution in [0.5, 0.6) is 0 Å². The molecule has 0 bridgehead atoms. The highest BCUT2D eigenvalue weighted by Crippen LogP contribution is 2.35. The van der Waals surface area contributed by atoms with Crippen molar-refractivity contribution < 1.29 is 0 Å². The van der Waals surface area contributed by atoms with Crippen molar-refractivity contribution in [3.63, 3.8) is 0 Å². The van der Waals surface area contributed by atoms with E-state index in [-0.39, 0.29) is 6.04 Å². The number of hydrogen-bond acceptors (Lipinski definition) is 1. The van der Waals surface area contributed by atoms with Crippen LogP contribution in [0.2, 0.25) is 0 Å². The van der Waals surface area contributed by atoms with Gasteiger partial charge in [-0.05, 0) is 52.6 Å². The van der Waals surface area contributed by atoms with Crippen LogP contribution >= 0.6 is 0 Å². The fourth-order valence-corrected chi connectivity index (χ4v) is 3.32. The van der Waals surface area contributed by atoms with Crippen LogP contribution in [0.1, 0.15) is 49.4 Å². The Morgan fingerprint density at radius 1 is 1.11 bits per heavy atom. The van der Waals surface area contributed by atoms with Crippen LogP contribution in [0.15, 0.2) is 30.3 Å². The van der Waals surface area contributed by atoms with Gasteiger partial charge in [0.25, 0.3) is 0 Å². The molecule has 0 spiro atoms. The van der Waals surface area contributed by atoms with Gasteiger partial charge in [-0.1, -0.05) is 50.6 Å². The van der Waals surface area contributed by atoms with Gasteiger partial charge in [-0.3, -0.25) is 0 Å². The molecule has 2 N–H and O–H groups in total. The van der Waals surface area contributed by atoms with E-state index in [0.29, 0.717) is 5.92 Å². The van der Waals surface area contributed by atoms with Gasteiger partial charge in [0.2, 0.25) is 0 Å². The predicted molar refractivity (Wildman–Crippen MR) is 82.4 cm³/mol. The molecule has 1 nitrogen and oxygen atoms in total. The lowest BCUT2D eigenvalue weighted by Gasteiger charge is -2.19. The van der Waals surface area contributed by atoms with Crippen molar-refractivity contribution in [2.45, 2.75) is 45.6 Å². The molecule has 0 radical (unpaired) electrons. The largest absolute Gasteiger partial charge is 0.324 e. The van der Waals surface area contributed by atoms with Crippen LogP contribution in [0, 0.1) is 5.92 Å². The number of aryl methyl sites for hydroxylation is 2. The van der Waals surface area contributed by atoms with Crippen LogP contribution in [0.3, 0.4) is 0 Å². The van der Waals surface area contributed by atoms with E-state index in [4.69, 9.17) is 5.73 Å². The van der Waals surface area contributed by atoms with Crippen LogP contribution in [-0.4, -0.2) is 0 Å². The van der Waals surface area contributed by atoms with Gasteiger partial charge in [-0.15, -0.1) is 0 Å². The Kier molecular flexibility index (Phi) is 3.32. The van der Waals surface area contributed by atoms with Crippen LogP contribution in [-0.2, 0) is 12.8 Å². The van der Waals surface area contributed by atoms with Crippen LogP contribution in [0.25, 0.3) is 10.8 Å². The third-order valence-electron chi connectivity index (χ3n) is 4.66. The molecule has 2 aromatic rings. The maximum absolute atomic E-state index is 6.46. The molecule has 2 unspecified atom stereocenters. The van der Waals surface area contributed by atoms with E-state index in [9.17, 15) is 0 Å². The molecule has 100 valence electrons. The lowest BCUT2D eigenvalue weighted by molar-refractivity contribution is 0.463. The smallest absolute Gasteiger partial charge is 0.0303 e. The summed E-state index contributed by atoms with van der Waals surface area (Å²) in [5, 5.41) is 2.88. The average Bonchev–Trinajstić information content (AvgIpc) is 2.84. The first-order chi connectivity index (χ1) is 9.20. The molecule has 0 saturated carbocycles. The minimum absolute atomic E-state index is 0.167. The molecule has 2 aromatic carbocycles. The summed E-state index contributed by atoms with van der Waals surface area (Å²) in [4.78, 5) is 0. The SMILES string of the molecule is CCC(C)CC(N)c1ccc2c3c(cccc13)CC2. The van der Waals surface area contributed by atoms with Crippen LogP contribution < -0.4 is 5.73 Å². The predicted octanol–water partition coefficient (Wildman–Crippen LogP) is 4.37. The molecule has 0 amide bonds. The first kappa shape index (κ1) is 12.7. The quantitative estimate of drug-likeness (QED) is 0.860. The second-order valence-corrected chi connectivity index (χ2v) is 6.01. The van der Waals surface area contributed by atoms with E-state index < -0.39 is 0 Å². The lowest BCUT2D eigenvalue weighted by atomic mass is 9.90. The Morgan fingerprint density at radius 2 is 1.84 bits per heavy atom. The summed E-state index contributed by atoms with van der Waals surface area (Å²) in [6.07, 6.45) is 4.66. The van der Waals surface area contributed by atoms with Gasteiger partial charge in [0.1, 0.15) is 0 Å². The molecule has 0 aromatic heterocycles. The Morgan fingerprint density at radius 3 is 2.58 bits per heavy atom. The van der Waals surface area contributed by atoms with Gasteiger partial charge in [0.15, 0.2) is 0 Å². The molecule has 0 aliphatic heterocycles. The average molecular weight is 253 g/mol. The van der Waals surface area contributed by atoms with Gasteiger partial charge in [0, 0.05) is 6.04 Å². The highest BCUT2D eigenvalue weighted by atomic mass is 14.6. The number of hydrogen-bond donors (Lipinski definition) is 1. The number of nitrogens with two attached hydrogens (primary N) is 1. The standard InChI is InChI=1S/C18H23N/c1-3-12(2)11-17(19)15-10-9-14-8-7-13-5-4-6-16(15)18(13)14/h4-6,9-10,12,17H,3,7-8,11,19H2,1-2H3. The van der Waals surface area contributed by atoms with Gasteiger partial charge >= 0.3 is 0 Å². The fourth-order valence-electron chi connectivity index (χ4n) is 3.32. The van der Waals surface area contributed by atoms with Crippen molar-refractivity contribution in [1.82, 2.24) is 0 Å². The van der Waals surface area contributed by atoms with E-state index >= 15 is 0 Å². The molecule has 1 aliphatic rings. The molecular weight excluding hydrogens is 230 g/mol. The molecule has 1 heteroatoms. The highest BCUT2D eigenvalue weighted by Gasteiger charge is 2.19. The first-order valence-corrected chi connectivity index (χ1v) is 7.49. The summed E-state index contributed by atoms with van der Waals surface area (Å²) in [5.41, 5.74) is 10.8. The van der Waals surface area contributed by atoms with Crippen molar-refractivity contribution in [2.75, 3.05) is 0 Å². The molecule has 1 aliphatic carbocycles. The van der Waals surface area contributed by atoms with Gasteiger partial charge in [-0.25, -0.2) is 0 Å². The monoisotopic (exact) mass is 253 g/mol. The zero-order chi connectivity index (χ0) is 13.4. The van der Waals surface area contributed by atoms with Crippen molar-refractivity contribution in [1.29, 1.82) is 0 Å². The minimum atomic E-state index is 0.167. The summed E-state index contributed by atoms with van der Waals surface area (Å²) < 4.78 is 0. The lowest BCUT2D eigenvalue weighted by Crippen LogP contribution is -2.14. The zero-order valence-electron chi connectivity index (χ0n) is 11.9. The van der Waals surface area contributed by atoms with Crippen molar-refractivity contribution in [3.05, 3.63) is 47.0 Å². The van der Waals surface area contributed by atoms with E-state index in [1.54, 1.807) is 0 Å². The van der Waals surface area contributed by atoms with Gasteiger partial charge < -0.3 is 5.73 Å². The first-order valence-electron chi connectivity index (χ1n) is 7.49. The summed E-state index contributed by atoms with van der Waals surface area (Å²) in [7, 11) is 0. The third kappa shape index (κ3) is 2.17. The normalized spacial score (nSPS) is 16.8. The number of rotatable bonds is 4. The molecule has 2 atom stereocenters. The Balaban J connectivity index is 2.06. The van der Waals surface area contributed by atoms with Crippen molar-refractivity contribution >= 4 is 10.8 Å². The van der Waals surface area contributed by atoms with Crippen molar-refractivity contribution in [2.24, 2.45) is 11.7 Å². The molecule has 0 saturated heterocycles. The van der Waals surface area contributed by atoms with Gasteiger partial charge in [-0.2, -0.15) is 0 Å². The minimum Gasteiger partial charge on any atom is -0.324 e. The second kappa shape index (κ2) is 4.97. The van der Waals surface area contributed by atoms with E-state index in [1.807, 2.05) is 0 Å². The van der Waals surface area contributed by atoms with Crippen LogP contribution in [0.4, 0.5) is 0 Å². The molecule has 19 heavy (non-hydrogen) atoms. The summed E-state index contributed by atoms with van der Waals surface area (Å²) in [6, 6.07) is 11.4. The maximum atomic E-state index is 6.46. The van der Waals surface area contributed by atoms with E-state index in [0.717, 1.165) is 6.42 Å². The number of benzene rings is 2. The summed E-state index contributed by atoms with van der Waals surface area (Å²) in [5.74, 6) is 0.693. The summed E-state index contributed by atoms with van der Waals surface area (Å²) >= 11 is 0. The highest BCUT2D eigenvalue weighted by molar-refractivity contribution is 5.93. The molecule has 0 heterocycles. The molecular formula is C18H23N. The Bertz CT molecular complexity index is 590. The Labute approximate surface area is 115 Å². The topological polar surface area (TPSA) is 26.0 Å². The second-order valence-electron chi connectivity index (χ2n) is 6.01. The van der Waals surface area contributed by atoms with Gasteiger partial charge in [0.05, 0.1) is 0 Å². The van der Waals surface area contributed by atoms with E-state index in [2.05, 4.69) is 44.2 Å². The zero-order valence-corrected chi connectivity index (χ0v) is 11.9. The van der Waals surface area contributed by atoms with E-state index in [1.165, 1.54) is 46.7 Å². The maximum Gasteiger partial charge on any atom is 0.0303 e.